The van der Waals surface area contributed by atoms with Crippen LogP contribution in [0.2, 0.25) is 0 Å². The molecular formula is C29H27N7O2. The van der Waals surface area contributed by atoms with Crippen molar-refractivity contribution in [1.82, 2.24) is 28.8 Å². The predicted octanol–water partition coefficient (Wildman–Crippen LogP) is 4.43. The van der Waals surface area contributed by atoms with Gasteiger partial charge < -0.3 is 14.0 Å². The van der Waals surface area contributed by atoms with Crippen LogP contribution in [0.5, 0.6) is 5.75 Å². The predicted molar refractivity (Wildman–Crippen MR) is 146 cm³/mol. The number of rotatable bonds is 6. The molecule has 0 amide bonds. The summed E-state index contributed by atoms with van der Waals surface area (Å²) in [5.74, 6) is 1.84. The highest BCUT2D eigenvalue weighted by Crippen LogP contribution is 2.23. The van der Waals surface area contributed by atoms with Gasteiger partial charge in [0, 0.05) is 17.8 Å². The Bertz CT molecular complexity index is 1710. The summed E-state index contributed by atoms with van der Waals surface area (Å²) in [6.45, 7) is 10.6. The molecule has 9 heteroatoms. The molecule has 6 rings (SSSR count). The van der Waals surface area contributed by atoms with Gasteiger partial charge in [-0.3, -0.25) is 9.36 Å². The second-order valence-corrected chi connectivity index (χ2v) is 9.81. The van der Waals surface area contributed by atoms with E-state index in [0.717, 1.165) is 42.6 Å². The molecule has 0 aliphatic carbocycles. The fourth-order valence-corrected chi connectivity index (χ4v) is 4.93. The van der Waals surface area contributed by atoms with Gasteiger partial charge in [-0.25, -0.2) is 19.8 Å². The van der Waals surface area contributed by atoms with Gasteiger partial charge in [0.1, 0.15) is 5.65 Å². The van der Waals surface area contributed by atoms with E-state index in [1.807, 2.05) is 28.7 Å². The Balaban J connectivity index is 1.22. The summed E-state index contributed by atoms with van der Waals surface area (Å²) >= 11 is 0. The molecule has 0 spiro atoms. The van der Waals surface area contributed by atoms with Crippen molar-refractivity contribution in [2.75, 3.05) is 26.7 Å². The number of ether oxygens (including phenoxy) is 1. The molecule has 0 saturated carbocycles. The summed E-state index contributed by atoms with van der Waals surface area (Å²) in [7, 11) is 2.16. The van der Waals surface area contributed by atoms with Gasteiger partial charge >= 0.3 is 0 Å². The summed E-state index contributed by atoms with van der Waals surface area (Å²) in [6.07, 6.45) is 7.49. The van der Waals surface area contributed by atoms with Crippen molar-refractivity contribution in [2.24, 2.45) is 5.92 Å². The zero-order valence-electron chi connectivity index (χ0n) is 21.1. The zero-order chi connectivity index (χ0) is 26.1. The molecule has 4 aromatic heterocycles. The highest BCUT2D eigenvalue weighted by atomic mass is 16.5. The van der Waals surface area contributed by atoms with E-state index in [-0.39, 0.29) is 5.56 Å². The van der Waals surface area contributed by atoms with Crippen molar-refractivity contribution in [2.45, 2.75) is 19.4 Å². The van der Waals surface area contributed by atoms with E-state index in [1.165, 1.54) is 6.07 Å². The molecule has 0 radical (unpaired) electrons. The Morgan fingerprint density at radius 2 is 1.89 bits per heavy atom. The molecule has 9 nitrogen and oxygen atoms in total. The maximum atomic E-state index is 12.8. The number of hydrogen-bond acceptors (Lipinski definition) is 6. The van der Waals surface area contributed by atoms with Gasteiger partial charge in [0.2, 0.25) is 5.69 Å². The Hall–Kier alpha value is -4.55. The Morgan fingerprint density at radius 3 is 2.68 bits per heavy atom. The molecule has 1 aromatic carbocycles. The third-order valence-corrected chi connectivity index (χ3v) is 7.13. The van der Waals surface area contributed by atoms with Crippen LogP contribution in [-0.2, 0) is 6.54 Å². The number of benzene rings is 1. The average Bonchev–Trinajstić information content (AvgIpc) is 3.33. The molecular weight excluding hydrogens is 478 g/mol. The van der Waals surface area contributed by atoms with Crippen LogP contribution in [-0.4, -0.2) is 55.6 Å². The van der Waals surface area contributed by atoms with Crippen LogP contribution in [0.1, 0.15) is 18.4 Å². The molecule has 0 unspecified atom stereocenters. The average molecular weight is 506 g/mol. The number of imidazole rings is 1. The topological polar surface area (TPSA) is 81.9 Å². The lowest BCUT2D eigenvalue weighted by Gasteiger charge is -2.28. The normalized spacial score (nSPS) is 14.6. The molecule has 190 valence electrons. The molecule has 0 bridgehead atoms. The minimum Gasteiger partial charge on any atom is -0.490 e. The van der Waals surface area contributed by atoms with Crippen molar-refractivity contribution in [3.8, 4) is 17.1 Å². The monoisotopic (exact) mass is 505 g/mol. The highest BCUT2D eigenvalue weighted by molar-refractivity contribution is 5.78. The van der Waals surface area contributed by atoms with Gasteiger partial charge in [-0.05, 0) is 62.7 Å². The number of pyridine rings is 2. The summed E-state index contributed by atoms with van der Waals surface area (Å²) in [4.78, 5) is 32.4. The lowest BCUT2D eigenvalue weighted by molar-refractivity contribution is 0.159. The molecule has 5 aromatic rings. The Kier molecular flexibility index (Phi) is 6.32. The summed E-state index contributed by atoms with van der Waals surface area (Å²) in [5, 5.41) is 0. The third-order valence-electron chi connectivity index (χ3n) is 7.13. The van der Waals surface area contributed by atoms with E-state index in [4.69, 9.17) is 11.3 Å². The van der Waals surface area contributed by atoms with Crippen LogP contribution in [0.4, 0.5) is 5.69 Å². The molecule has 1 saturated heterocycles. The number of hydrogen-bond donors (Lipinski definition) is 0. The molecule has 1 aliphatic rings. The number of fused-ring (bicyclic) bond motifs is 3. The first kappa shape index (κ1) is 23.8. The molecule has 0 N–H and O–H groups in total. The van der Waals surface area contributed by atoms with Gasteiger partial charge in [0.15, 0.2) is 17.2 Å². The number of aromatic nitrogens is 5. The molecule has 1 aliphatic heterocycles. The quantitative estimate of drug-likeness (QED) is 0.318. The minimum atomic E-state index is -0.140. The molecule has 38 heavy (non-hydrogen) atoms. The summed E-state index contributed by atoms with van der Waals surface area (Å²) in [6, 6.07) is 14.7. The van der Waals surface area contributed by atoms with E-state index >= 15 is 0 Å². The van der Waals surface area contributed by atoms with Gasteiger partial charge in [-0.15, -0.1) is 0 Å². The smallest absolute Gasteiger partial charge is 0.252 e. The van der Waals surface area contributed by atoms with E-state index in [1.54, 1.807) is 41.4 Å². The van der Waals surface area contributed by atoms with Crippen molar-refractivity contribution in [1.29, 1.82) is 0 Å². The fourth-order valence-electron chi connectivity index (χ4n) is 4.93. The van der Waals surface area contributed by atoms with Crippen LogP contribution in [0, 0.1) is 12.5 Å². The van der Waals surface area contributed by atoms with Crippen LogP contribution in [0.3, 0.4) is 0 Å². The lowest BCUT2D eigenvalue weighted by atomic mass is 9.98. The van der Waals surface area contributed by atoms with E-state index < -0.39 is 0 Å². The van der Waals surface area contributed by atoms with E-state index in [2.05, 4.69) is 31.7 Å². The SMILES string of the molecule is [C-]#[N+]c1ccc2nc3c(ccc(=O)n3Cc3cccc(-c4ncc(OCC5CCN(C)CC5)cn4)c3)n2c1. The number of nitrogens with zero attached hydrogens (tertiary/aromatic N) is 7. The number of likely N-dealkylation sites (tertiary alicyclic amines) is 1. The van der Waals surface area contributed by atoms with E-state index in [9.17, 15) is 4.79 Å². The van der Waals surface area contributed by atoms with Gasteiger partial charge in [-0.1, -0.05) is 24.3 Å². The maximum Gasteiger partial charge on any atom is 0.252 e. The van der Waals surface area contributed by atoms with Crippen molar-refractivity contribution in [3.05, 3.63) is 94.5 Å². The first-order valence-corrected chi connectivity index (χ1v) is 12.7. The third kappa shape index (κ3) is 4.74. The molecule has 5 heterocycles. The Labute approximate surface area is 219 Å². The fraction of sp³-hybridized carbons (Fsp3) is 0.276. The van der Waals surface area contributed by atoms with Crippen LogP contribution in [0.25, 0.3) is 33.0 Å². The maximum absolute atomic E-state index is 12.8. The number of piperidine rings is 1. The van der Waals surface area contributed by atoms with Gasteiger partial charge in [0.25, 0.3) is 5.56 Å². The summed E-state index contributed by atoms with van der Waals surface area (Å²) < 4.78 is 9.46. The van der Waals surface area contributed by atoms with Crippen molar-refractivity contribution >= 4 is 22.5 Å². The Morgan fingerprint density at radius 1 is 1.08 bits per heavy atom. The van der Waals surface area contributed by atoms with Gasteiger partial charge in [-0.2, -0.15) is 0 Å². The van der Waals surface area contributed by atoms with E-state index in [0.29, 0.717) is 47.6 Å². The zero-order valence-corrected chi connectivity index (χ0v) is 21.1. The second-order valence-electron chi connectivity index (χ2n) is 9.81. The van der Waals surface area contributed by atoms with Crippen LogP contribution >= 0.6 is 0 Å². The summed E-state index contributed by atoms with van der Waals surface area (Å²) in [5.41, 5.74) is 4.21. The largest absolute Gasteiger partial charge is 0.490 e. The second kappa shape index (κ2) is 10.1. The van der Waals surface area contributed by atoms with Crippen molar-refractivity contribution < 1.29 is 4.74 Å². The first-order valence-electron chi connectivity index (χ1n) is 12.7. The molecule has 1 fully saturated rings. The van der Waals surface area contributed by atoms with Gasteiger partial charge in [0.05, 0.1) is 37.6 Å². The van der Waals surface area contributed by atoms with Crippen LogP contribution < -0.4 is 10.3 Å². The first-order chi connectivity index (χ1) is 18.6. The standard InChI is InChI=1S/C29H27N7O2/c1-30-23-6-8-26-33-29-25(35(26)18-23)7-9-27(37)36(29)17-21-4-3-5-22(14-21)28-31-15-24(16-32-28)38-19-20-10-12-34(2)13-11-20/h3-9,14-16,18,20H,10-13,17,19H2,2H3. The minimum absolute atomic E-state index is 0.140. The lowest BCUT2D eigenvalue weighted by Crippen LogP contribution is -2.32. The molecule has 0 atom stereocenters. The highest BCUT2D eigenvalue weighted by Gasteiger charge is 2.17. The van der Waals surface area contributed by atoms with Crippen molar-refractivity contribution in [3.63, 3.8) is 0 Å². The van der Waals surface area contributed by atoms with Crippen LogP contribution in [0.15, 0.2) is 71.9 Å².